The number of amides is 2. The Morgan fingerprint density at radius 1 is 0.958 bits per heavy atom. The monoisotopic (exact) mass is 344 g/mol. The maximum absolute atomic E-state index is 12.4. The first-order chi connectivity index (χ1) is 11.3. The van der Waals surface area contributed by atoms with Gasteiger partial charge < -0.3 is 9.90 Å². The molecular formula is C16H10NO6S-. The average Bonchev–Trinajstić information content (AvgIpc) is 2.78. The lowest BCUT2D eigenvalue weighted by molar-refractivity contribution is -0.301. The van der Waals surface area contributed by atoms with E-state index < -0.39 is 33.4 Å². The molecule has 0 aliphatic carbocycles. The van der Waals surface area contributed by atoms with Crippen molar-refractivity contribution in [2.45, 2.75) is 4.90 Å². The highest BCUT2D eigenvalue weighted by atomic mass is 32.2. The Balaban J connectivity index is 2.04. The van der Waals surface area contributed by atoms with Crippen LogP contribution in [0.4, 0.5) is 5.69 Å². The molecule has 0 atom stereocenters. The van der Waals surface area contributed by atoms with Crippen LogP contribution in [0.2, 0.25) is 0 Å². The highest BCUT2D eigenvalue weighted by molar-refractivity contribution is 7.92. The minimum Gasteiger partial charge on any atom is -0.549 e. The van der Waals surface area contributed by atoms with Crippen LogP contribution in [-0.2, 0) is 14.6 Å². The van der Waals surface area contributed by atoms with Crippen LogP contribution in [-0.4, -0.2) is 32.0 Å². The standard InChI is InChI=1S/C16H11NO6S/c18-14(19)9-24(22,23)11-5-3-4-10(8-11)17-15(20)12-6-1-2-7-13(12)16(17)21/h1-8H,9H2,(H,18,19)/p-1. The summed E-state index contributed by atoms with van der Waals surface area (Å²) in [7, 11) is -4.13. The fourth-order valence-electron chi connectivity index (χ4n) is 2.48. The van der Waals surface area contributed by atoms with Crippen molar-refractivity contribution in [1.29, 1.82) is 0 Å². The summed E-state index contributed by atoms with van der Waals surface area (Å²) in [5.41, 5.74) is 0.511. The summed E-state index contributed by atoms with van der Waals surface area (Å²) in [5.74, 6) is -4.05. The predicted molar refractivity (Wildman–Crippen MR) is 81.1 cm³/mol. The van der Waals surface area contributed by atoms with Crippen molar-refractivity contribution in [3.05, 3.63) is 59.7 Å². The van der Waals surface area contributed by atoms with E-state index in [1.165, 1.54) is 30.3 Å². The molecule has 0 saturated carbocycles. The molecule has 2 aromatic rings. The van der Waals surface area contributed by atoms with Crippen molar-refractivity contribution in [1.82, 2.24) is 0 Å². The molecule has 1 aliphatic heterocycles. The van der Waals surface area contributed by atoms with Crippen molar-refractivity contribution in [3.8, 4) is 0 Å². The summed E-state index contributed by atoms with van der Waals surface area (Å²) >= 11 is 0. The van der Waals surface area contributed by atoms with Gasteiger partial charge in [0.25, 0.3) is 11.8 Å². The first kappa shape index (κ1) is 15.9. The van der Waals surface area contributed by atoms with Gasteiger partial charge in [0.2, 0.25) is 0 Å². The van der Waals surface area contributed by atoms with E-state index in [2.05, 4.69) is 0 Å². The van der Waals surface area contributed by atoms with E-state index in [9.17, 15) is 27.9 Å². The van der Waals surface area contributed by atoms with Crippen LogP contribution >= 0.6 is 0 Å². The average molecular weight is 344 g/mol. The highest BCUT2D eigenvalue weighted by Crippen LogP contribution is 2.29. The van der Waals surface area contributed by atoms with Crippen molar-refractivity contribution in [2.24, 2.45) is 0 Å². The third kappa shape index (κ3) is 2.56. The summed E-state index contributed by atoms with van der Waals surface area (Å²) in [5, 5.41) is 10.6. The van der Waals surface area contributed by atoms with Crippen LogP contribution < -0.4 is 10.0 Å². The second kappa shape index (κ2) is 5.57. The minimum absolute atomic E-state index is 0.0561. The van der Waals surface area contributed by atoms with Gasteiger partial charge in [-0.2, -0.15) is 0 Å². The molecule has 1 heterocycles. The van der Waals surface area contributed by atoms with Gasteiger partial charge in [0, 0.05) is 0 Å². The molecule has 0 fully saturated rings. The molecule has 0 aromatic heterocycles. The van der Waals surface area contributed by atoms with Crippen molar-refractivity contribution in [2.75, 3.05) is 10.7 Å². The number of imide groups is 1. The molecule has 7 nitrogen and oxygen atoms in total. The second-order valence-electron chi connectivity index (χ2n) is 5.12. The summed E-state index contributed by atoms with van der Waals surface area (Å²) in [4.78, 5) is 35.9. The third-order valence-electron chi connectivity index (χ3n) is 3.54. The zero-order chi connectivity index (χ0) is 17.5. The molecule has 0 saturated heterocycles. The lowest BCUT2D eigenvalue weighted by Gasteiger charge is -2.15. The van der Waals surface area contributed by atoms with E-state index in [0.29, 0.717) is 0 Å². The van der Waals surface area contributed by atoms with Gasteiger partial charge in [-0.3, -0.25) is 9.59 Å². The Morgan fingerprint density at radius 2 is 1.54 bits per heavy atom. The number of nitrogens with zero attached hydrogens (tertiary/aromatic N) is 1. The van der Waals surface area contributed by atoms with Crippen molar-refractivity contribution < 1.29 is 27.9 Å². The lowest BCUT2D eigenvalue weighted by atomic mass is 10.1. The molecule has 122 valence electrons. The van der Waals surface area contributed by atoms with Crippen molar-refractivity contribution >= 4 is 33.3 Å². The number of benzene rings is 2. The maximum atomic E-state index is 12.4. The Labute approximate surface area is 137 Å². The minimum atomic E-state index is -4.13. The van der Waals surface area contributed by atoms with Gasteiger partial charge in [-0.05, 0) is 30.3 Å². The largest absolute Gasteiger partial charge is 0.549 e. The van der Waals surface area contributed by atoms with E-state index in [4.69, 9.17) is 0 Å². The zero-order valence-electron chi connectivity index (χ0n) is 12.1. The van der Waals surface area contributed by atoms with Gasteiger partial charge in [-0.15, -0.1) is 0 Å². The number of anilines is 1. The summed E-state index contributed by atoms with van der Waals surface area (Å²) in [6.07, 6.45) is 0. The number of carboxylic acid groups (broad SMARTS) is 1. The molecule has 0 radical (unpaired) electrons. The highest BCUT2D eigenvalue weighted by Gasteiger charge is 2.36. The van der Waals surface area contributed by atoms with Crippen LogP contribution in [0.5, 0.6) is 0 Å². The van der Waals surface area contributed by atoms with Gasteiger partial charge in [0.05, 0.1) is 33.4 Å². The Morgan fingerprint density at radius 3 is 2.08 bits per heavy atom. The lowest BCUT2D eigenvalue weighted by Crippen LogP contribution is -2.31. The molecule has 8 heteroatoms. The van der Waals surface area contributed by atoms with Crippen molar-refractivity contribution in [3.63, 3.8) is 0 Å². The molecular weight excluding hydrogens is 334 g/mol. The molecule has 2 amide bonds. The fourth-order valence-corrected chi connectivity index (χ4v) is 3.54. The molecule has 1 aliphatic rings. The molecule has 0 bridgehead atoms. The number of fused-ring (bicyclic) bond motifs is 1. The van der Waals surface area contributed by atoms with Crippen LogP contribution in [0.1, 0.15) is 20.7 Å². The molecule has 3 rings (SSSR count). The topological polar surface area (TPSA) is 112 Å². The Kier molecular flexibility index (Phi) is 3.69. The van der Waals surface area contributed by atoms with Crippen LogP contribution in [0.25, 0.3) is 0 Å². The third-order valence-corrected chi connectivity index (χ3v) is 5.12. The Bertz CT molecular complexity index is 945. The normalized spacial score (nSPS) is 13.9. The smallest absolute Gasteiger partial charge is 0.266 e. The number of carboxylic acids is 1. The Hall–Kier alpha value is -3.00. The summed E-state index contributed by atoms with van der Waals surface area (Å²) in [6, 6.07) is 11.3. The number of aliphatic carboxylic acids is 1. The number of carbonyl (C=O) groups excluding carboxylic acids is 3. The van der Waals surface area contributed by atoms with E-state index in [1.807, 2.05) is 0 Å². The molecule has 24 heavy (non-hydrogen) atoms. The van der Waals surface area contributed by atoms with Gasteiger partial charge in [0.1, 0.15) is 0 Å². The van der Waals surface area contributed by atoms with E-state index in [-0.39, 0.29) is 21.7 Å². The van der Waals surface area contributed by atoms with Gasteiger partial charge in [-0.1, -0.05) is 18.2 Å². The van der Waals surface area contributed by atoms with E-state index >= 15 is 0 Å². The van der Waals surface area contributed by atoms with Crippen LogP contribution in [0.15, 0.2) is 53.4 Å². The maximum Gasteiger partial charge on any atom is 0.266 e. The number of sulfone groups is 1. The SMILES string of the molecule is O=C([O-])CS(=O)(=O)c1cccc(N2C(=O)c3ccccc3C2=O)c1. The predicted octanol–water partition coefficient (Wildman–Crippen LogP) is 0.0108. The fraction of sp³-hybridized carbons (Fsp3) is 0.0625. The van der Waals surface area contributed by atoms with Gasteiger partial charge in [-0.25, -0.2) is 13.3 Å². The summed E-state index contributed by atoms with van der Waals surface area (Å²) < 4.78 is 24.0. The van der Waals surface area contributed by atoms with Crippen LogP contribution in [0.3, 0.4) is 0 Å². The molecule has 2 aromatic carbocycles. The first-order valence-electron chi connectivity index (χ1n) is 6.82. The number of rotatable bonds is 4. The van der Waals surface area contributed by atoms with Crippen LogP contribution in [0, 0.1) is 0 Å². The number of hydrogen-bond acceptors (Lipinski definition) is 6. The van der Waals surface area contributed by atoms with E-state index in [0.717, 1.165) is 11.0 Å². The number of carbonyl (C=O) groups is 3. The molecule has 0 spiro atoms. The quantitative estimate of drug-likeness (QED) is 0.722. The number of hydrogen-bond donors (Lipinski definition) is 0. The van der Waals surface area contributed by atoms with Gasteiger partial charge >= 0.3 is 0 Å². The van der Waals surface area contributed by atoms with E-state index in [1.54, 1.807) is 12.1 Å². The molecule has 0 unspecified atom stereocenters. The van der Waals surface area contributed by atoms with Gasteiger partial charge in [0.15, 0.2) is 9.84 Å². The summed E-state index contributed by atoms with van der Waals surface area (Å²) in [6.45, 7) is 0. The zero-order valence-corrected chi connectivity index (χ0v) is 12.9. The second-order valence-corrected chi connectivity index (χ2v) is 7.11. The first-order valence-corrected chi connectivity index (χ1v) is 8.47. The molecule has 0 N–H and O–H groups in total.